The fourth-order valence-electron chi connectivity index (χ4n) is 3.84. The molecule has 2 aliphatic rings. The van der Waals surface area contributed by atoms with Crippen molar-refractivity contribution >= 4 is 22.9 Å². The molecule has 2 aromatic heterocycles. The normalized spacial score (nSPS) is 20.2. The van der Waals surface area contributed by atoms with Gasteiger partial charge in [0.2, 0.25) is 5.91 Å². The van der Waals surface area contributed by atoms with Gasteiger partial charge in [-0.25, -0.2) is 14.6 Å². The molecule has 1 aliphatic heterocycles. The Hall–Kier alpha value is -2.22. The second-order valence-electron chi connectivity index (χ2n) is 8.07. The number of nitrogens with zero attached hydrogens (tertiary/aromatic N) is 6. The molecular formula is C18H26N6O2. The van der Waals surface area contributed by atoms with E-state index in [0.29, 0.717) is 48.9 Å². The average molecular weight is 358 g/mol. The summed E-state index contributed by atoms with van der Waals surface area (Å²) in [5.41, 5.74) is 1.78. The first kappa shape index (κ1) is 17.2. The van der Waals surface area contributed by atoms with E-state index in [0.717, 1.165) is 18.7 Å². The lowest BCUT2D eigenvalue weighted by molar-refractivity contribution is -0.136. The zero-order valence-corrected chi connectivity index (χ0v) is 15.7. The van der Waals surface area contributed by atoms with Gasteiger partial charge in [-0.15, -0.1) is 0 Å². The zero-order chi connectivity index (χ0) is 18.3. The van der Waals surface area contributed by atoms with Gasteiger partial charge in [0, 0.05) is 26.2 Å². The number of ether oxygens (including phenoxy) is 1. The minimum Gasteiger partial charge on any atom is -0.378 e. The Morgan fingerprint density at radius 2 is 2.04 bits per heavy atom. The van der Waals surface area contributed by atoms with Crippen molar-refractivity contribution in [2.75, 3.05) is 38.3 Å². The molecule has 26 heavy (non-hydrogen) atoms. The number of carbonyl (C=O) groups excluding carboxylic acids is 1. The van der Waals surface area contributed by atoms with E-state index >= 15 is 0 Å². The fourth-order valence-corrected chi connectivity index (χ4v) is 3.84. The number of anilines is 1. The molecule has 0 unspecified atom stereocenters. The summed E-state index contributed by atoms with van der Waals surface area (Å²) in [6.45, 7) is 7.22. The Labute approximate surface area is 153 Å². The summed E-state index contributed by atoms with van der Waals surface area (Å²) in [4.78, 5) is 25.8. The first-order chi connectivity index (χ1) is 12.4. The van der Waals surface area contributed by atoms with Crippen LogP contribution in [0.5, 0.6) is 0 Å². The Morgan fingerprint density at radius 1 is 1.31 bits per heavy atom. The highest BCUT2D eigenvalue weighted by atomic mass is 16.5. The first-order valence-corrected chi connectivity index (χ1v) is 9.20. The van der Waals surface area contributed by atoms with E-state index in [1.54, 1.807) is 17.1 Å². The number of amides is 1. The summed E-state index contributed by atoms with van der Waals surface area (Å²) in [5, 5.41) is 4.33. The molecular weight excluding hydrogens is 332 g/mol. The average Bonchev–Trinajstić information content (AvgIpc) is 3.02. The third kappa shape index (κ3) is 3.25. The van der Waals surface area contributed by atoms with Crippen LogP contribution in [0.3, 0.4) is 0 Å². The van der Waals surface area contributed by atoms with Crippen molar-refractivity contribution in [1.82, 2.24) is 24.6 Å². The SMILES string of the molecule is CN(c1cnc2cnn(CC(=O)N3CCOCC3)c2n1)C1CC(C)(C)C1. The van der Waals surface area contributed by atoms with Crippen molar-refractivity contribution in [3.63, 3.8) is 0 Å². The molecule has 0 bridgehead atoms. The largest absolute Gasteiger partial charge is 0.378 e. The molecule has 1 amide bonds. The summed E-state index contributed by atoms with van der Waals surface area (Å²) in [6, 6.07) is 0.489. The number of rotatable bonds is 4. The molecule has 1 aliphatic carbocycles. The molecule has 8 heteroatoms. The van der Waals surface area contributed by atoms with Gasteiger partial charge in [0.1, 0.15) is 17.9 Å². The van der Waals surface area contributed by atoms with Crippen LogP contribution in [0, 0.1) is 5.41 Å². The fraction of sp³-hybridized carbons (Fsp3) is 0.667. The van der Waals surface area contributed by atoms with Gasteiger partial charge in [0.15, 0.2) is 5.65 Å². The van der Waals surface area contributed by atoms with Crippen LogP contribution in [0.2, 0.25) is 0 Å². The van der Waals surface area contributed by atoms with Crippen LogP contribution in [0.15, 0.2) is 12.4 Å². The highest BCUT2D eigenvalue weighted by Gasteiger charge is 2.38. The van der Waals surface area contributed by atoms with Crippen molar-refractivity contribution in [2.24, 2.45) is 5.41 Å². The topological polar surface area (TPSA) is 76.4 Å². The first-order valence-electron chi connectivity index (χ1n) is 9.20. The molecule has 1 saturated carbocycles. The number of aromatic nitrogens is 4. The standard InChI is InChI=1S/C18H26N6O2/c1-18(2)8-13(9-18)22(3)15-11-19-14-10-20-24(17(14)21-15)12-16(25)23-4-6-26-7-5-23/h10-11,13H,4-9,12H2,1-3H3. The molecule has 2 fully saturated rings. The summed E-state index contributed by atoms with van der Waals surface area (Å²) in [7, 11) is 2.06. The molecule has 2 aromatic rings. The van der Waals surface area contributed by atoms with Gasteiger partial charge in [-0.1, -0.05) is 13.8 Å². The van der Waals surface area contributed by atoms with E-state index in [-0.39, 0.29) is 12.5 Å². The van der Waals surface area contributed by atoms with E-state index in [1.807, 2.05) is 4.90 Å². The third-order valence-electron chi connectivity index (χ3n) is 5.47. The summed E-state index contributed by atoms with van der Waals surface area (Å²) < 4.78 is 6.96. The highest BCUT2D eigenvalue weighted by molar-refractivity contribution is 5.79. The van der Waals surface area contributed by atoms with E-state index in [4.69, 9.17) is 9.72 Å². The van der Waals surface area contributed by atoms with Crippen LogP contribution in [-0.2, 0) is 16.1 Å². The summed E-state index contributed by atoms with van der Waals surface area (Å²) >= 11 is 0. The number of morpholine rings is 1. The van der Waals surface area contributed by atoms with Crippen LogP contribution in [0.25, 0.3) is 11.2 Å². The molecule has 0 aromatic carbocycles. The third-order valence-corrected chi connectivity index (χ3v) is 5.47. The molecule has 0 atom stereocenters. The monoisotopic (exact) mass is 358 g/mol. The van der Waals surface area contributed by atoms with Crippen molar-refractivity contribution in [2.45, 2.75) is 39.3 Å². The lowest BCUT2D eigenvalue weighted by Crippen LogP contribution is -2.47. The van der Waals surface area contributed by atoms with Crippen molar-refractivity contribution in [3.05, 3.63) is 12.4 Å². The van der Waals surface area contributed by atoms with Gasteiger partial charge in [-0.3, -0.25) is 4.79 Å². The van der Waals surface area contributed by atoms with Gasteiger partial charge in [-0.05, 0) is 18.3 Å². The van der Waals surface area contributed by atoms with Gasteiger partial charge in [0.05, 0.1) is 25.6 Å². The predicted molar refractivity (Wildman–Crippen MR) is 97.9 cm³/mol. The second-order valence-corrected chi connectivity index (χ2v) is 8.07. The highest BCUT2D eigenvalue weighted by Crippen LogP contribution is 2.43. The van der Waals surface area contributed by atoms with Crippen molar-refractivity contribution in [3.8, 4) is 0 Å². The molecule has 3 heterocycles. The maximum Gasteiger partial charge on any atom is 0.244 e. The second kappa shape index (κ2) is 6.50. The molecule has 0 N–H and O–H groups in total. The van der Waals surface area contributed by atoms with Crippen LogP contribution in [0.1, 0.15) is 26.7 Å². The maximum absolute atomic E-state index is 12.5. The summed E-state index contributed by atoms with van der Waals surface area (Å²) in [6.07, 6.45) is 5.77. The predicted octanol–water partition coefficient (Wildman–Crippen LogP) is 1.31. The number of hydrogen-bond donors (Lipinski definition) is 0. The van der Waals surface area contributed by atoms with Crippen LogP contribution >= 0.6 is 0 Å². The minimum atomic E-state index is 0.0413. The van der Waals surface area contributed by atoms with Gasteiger partial charge < -0.3 is 14.5 Å². The molecule has 8 nitrogen and oxygen atoms in total. The molecule has 1 saturated heterocycles. The van der Waals surface area contributed by atoms with E-state index in [9.17, 15) is 4.79 Å². The van der Waals surface area contributed by atoms with Crippen LogP contribution < -0.4 is 4.90 Å². The zero-order valence-electron chi connectivity index (χ0n) is 15.7. The molecule has 4 rings (SSSR count). The van der Waals surface area contributed by atoms with Gasteiger partial charge >= 0.3 is 0 Å². The Bertz CT molecular complexity index is 803. The van der Waals surface area contributed by atoms with Crippen molar-refractivity contribution < 1.29 is 9.53 Å². The minimum absolute atomic E-state index is 0.0413. The van der Waals surface area contributed by atoms with E-state index in [1.165, 1.54) is 0 Å². The van der Waals surface area contributed by atoms with Crippen LogP contribution in [-0.4, -0.2) is 69.9 Å². The van der Waals surface area contributed by atoms with Gasteiger partial charge in [0.25, 0.3) is 0 Å². The molecule has 0 radical (unpaired) electrons. The lowest BCUT2D eigenvalue weighted by atomic mass is 9.68. The maximum atomic E-state index is 12.5. The Balaban J connectivity index is 1.52. The smallest absolute Gasteiger partial charge is 0.244 e. The van der Waals surface area contributed by atoms with E-state index < -0.39 is 0 Å². The van der Waals surface area contributed by atoms with Crippen LogP contribution in [0.4, 0.5) is 5.82 Å². The molecule has 140 valence electrons. The lowest BCUT2D eigenvalue weighted by Gasteiger charge is -2.47. The molecule has 0 spiro atoms. The van der Waals surface area contributed by atoms with Gasteiger partial charge in [-0.2, -0.15) is 5.10 Å². The quantitative estimate of drug-likeness (QED) is 0.820. The number of carbonyl (C=O) groups is 1. The number of fused-ring (bicyclic) bond motifs is 1. The number of hydrogen-bond acceptors (Lipinski definition) is 6. The van der Waals surface area contributed by atoms with E-state index in [2.05, 4.69) is 35.9 Å². The Morgan fingerprint density at radius 3 is 2.73 bits per heavy atom. The Kier molecular flexibility index (Phi) is 4.30. The summed E-state index contributed by atoms with van der Waals surface area (Å²) in [5.74, 6) is 0.873. The van der Waals surface area contributed by atoms with Crippen molar-refractivity contribution in [1.29, 1.82) is 0 Å².